The summed E-state index contributed by atoms with van der Waals surface area (Å²) in [5, 5.41) is 20.5. The molecule has 0 bridgehead atoms. The third kappa shape index (κ3) is 3.61. The highest BCUT2D eigenvalue weighted by molar-refractivity contribution is 5.90. The number of nitro benzene ring substituents is 1. The van der Waals surface area contributed by atoms with Gasteiger partial charge in [0.25, 0.3) is 5.69 Å². The number of aromatic nitrogens is 1. The summed E-state index contributed by atoms with van der Waals surface area (Å²) in [5.74, 6) is -1.21. The van der Waals surface area contributed by atoms with E-state index in [1.54, 1.807) is 12.3 Å². The first-order chi connectivity index (χ1) is 12.0. The van der Waals surface area contributed by atoms with Crippen LogP contribution in [0.5, 0.6) is 0 Å². The summed E-state index contributed by atoms with van der Waals surface area (Å²) < 4.78 is 5.27. The lowest BCUT2D eigenvalue weighted by molar-refractivity contribution is -0.384. The van der Waals surface area contributed by atoms with E-state index in [1.165, 1.54) is 17.0 Å². The molecule has 0 radical (unpaired) electrons. The Morgan fingerprint density at radius 2 is 2.24 bits per heavy atom. The van der Waals surface area contributed by atoms with Crippen molar-refractivity contribution in [1.29, 1.82) is 0 Å². The van der Waals surface area contributed by atoms with Gasteiger partial charge in [-0.3, -0.25) is 19.7 Å². The minimum absolute atomic E-state index is 0.0390. The Kier molecular flexibility index (Phi) is 4.66. The number of nitrogens with zero attached hydrogens (tertiary/aromatic N) is 2. The monoisotopic (exact) mass is 347 g/mol. The third-order valence-electron chi connectivity index (χ3n) is 4.26. The van der Waals surface area contributed by atoms with Gasteiger partial charge in [-0.15, -0.1) is 0 Å². The van der Waals surface area contributed by atoms with E-state index in [2.05, 4.69) is 4.98 Å². The number of aliphatic carboxylic acids is 1. The summed E-state index contributed by atoms with van der Waals surface area (Å²) in [6.45, 7) is 0.887. The van der Waals surface area contributed by atoms with Gasteiger partial charge >= 0.3 is 5.97 Å². The molecule has 1 aliphatic rings. The van der Waals surface area contributed by atoms with Crippen LogP contribution < -0.4 is 0 Å². The molecule has 1 unspecified atom stereocenters. The fourth-order valence-electron chi connectivity index (χ4n) is 3.04. The molecule has 1 aliphatic heterocycles. The number of nitro groups is 1. The first kappa shape index (κ1) is 16.9. The minimum atomic E-state index is -0.990. The Morgan fingerprint density at radius 3 is 2.96 bits per heavy atom. The number of rotatable bonds is 5. The van der Waals surface area contributed by atoms with E-state index >= 15 is 0 Å². The number of amides is 1. The van der Waals surface area contributed by atoms with Gasteiger partial charge in [-0.25, -0.2) is 0 Å². The van der Waals surface area contributed by atoms with Gasteiger partial charge in [-0.05, 0) is 11.6 Å². The summed E-state index contributed by atoms with van der Waals surface area (Å²) >= 11 is 0. The summed E-state index contributed by atoms with van der Waals surface area (Å²) in [6, 6.07) is 3.93. The highest BCUT2D eigenvalue weighted by atomic mass is 16.6. The fourth-order valence-corrected chi connectivity index (χ4v) is 3.04. The quantitative estimate of drug-likeness (QED) is 0.620. The van der Waals surface area contributed by atoms with Crippen LogP contribution in [0.4, 0.5) is 5.69 Å². The predicted molar refractivity (Wildman–Crippen MR) is 87.2 cm³/mol. The molecule has 2 N–H and O–H groups in total. The molecule has 1 aromatic carbocycles. The van der Waals surface area contributed by atoms with E-state index in [-0.39, 0.29) is 31.0 Å². The molecule has 9 heteroatoms. The van der Waals surface area contributed by atoms with E-state index < -0.39 is 16.9 Å². The number of aromatic amines is 1. The van der Waals surface area contributed by atoms with E-state index in [0.29, 0.717) is 29.6 Å². The molecule has 132 valence electrons. The standard InChI is InChI=1S/C16H17N3O6/c20-15(18-3-4-25-9-12(18)7-16(21)22)5-10-8-17-14-2-1-11(19(23)24)6-13(10)14/h1-2,6,8,12,17H,3-5,7,9H2,(H,21,22). The average molecular weight is 347 g/mol. The van der Waals surface area contributed by atoms with Crippen LogP contribution in [0.15, 0.2) is 24.4 Å². The van der Waals surface area contributed by atoms with Crippen LogP contribution >= 0.6 is 0 Å². The lowest BCUT2D eigenvalue weighted by atomic mass is 10.1. The van der Waals surface area contributed by atoms with Gasteiger partial charge in [0.15, 0.2) is 0 Å². The molecule has 0 spiro atoms. The van der Waals surface area contributed by atoms with E-state index in [1.807, 2.05) is 0 Å². The molecule has 25 heavy (non-hydrogen) atoms. The minimum Gasteiger partial charge on any atom is -0.481 e. The molecule has 1 atom stereocenters. The maximum atomic E-state index is 12.6. The largest absolute Gasteiger partial charge is 0.481 e. The topological polar surface area (TPSA) is 126 Å². The van der Waals surface area contributed by atoms with Crippen LogP contribution in [-0.2, 0) is 20.7 Å². The molecule has 0 aliphatic carbocycles. The Balaban J connectivity index is 1.82. The Labute approximate surface area is 142 Å². The predicted octanol–water partition coefficient (Wildman–Crippen LogP) is 1.32. The zero-order valence-corrected chi connectivity index (χ0v) is 13.3. The van der Waals surface area contributed by atoms with Crippen LogP contribution in [-0.4, -0.2) is 57.6 Å². The van der Waals surface area contributed by atoms with Crippen molar-refractivity contribution >= 4 is 28.5 Å². The van der Waals surface area contributed by atoms with Crippen LogP contribution in [0, 0.1) is 10.1 Å². The second-order valence-electron chi connectivity index (χ2n) is 5.89. The Morgan fingerprint density at radius 1 is 1.44 bits per heavy atom. The molecule has 1 saturated heterocycles. The molecule has 1 amide bonds. The van der Waals surface area contributed by atoms with Crippen molar-refractivity contribution in [3.8, 4) is 0 Å². The van der Waals surface area contributed by atoms with Crippen molar-refractivity contribution in [3.05, 3.63) is 40.1 Å². The van der Waals surface area contributed by atoms with E-state index in [4.69, 9.17) is 9.84 Å². The van der Waals surface area contributed by atoms with Gasteiger partial charge in [-0.1, -0.05) is 0 Å². The number of hydrogen-bond acceptors (Lipinski definition) is 5. The Hall–Kier alpha value is -2.94. The van der Waals surface area contributed by atoms with Crippen LogP contribution in [0.3, 0.4) is 0 Å². The van der Waals surface area contributed by atoms with Gasteiger partial charge in [-0.2, -0.15) is 0 Å². The molecule has 2 aromatic rings. The van der Waals surface area contributed by atoms with Crippen molar-refractivity contribution in [1.82, 2.24) is 9.88 Å². The third-order valence-corrected chi connectivity index (χ3v) is 4.26. The van der Waals surface area contributed by atoms with Crippen LogP contribution in [0.1, 0.15) is 12.0 Å². The normalized spacial score (nSPS) is 17.6. The summed E-state index contributed by atoms with van der Waals surface area (Å²) in [4.78, 5) is 38.6. The number of carboxylic acids is 1. The summed E-state index contributed by atoms with van der Waals surface area (Å²) in [7, 11) is 0. The Bertz CT molecular complexity index is 830. The number of nitrogens with one attached hydrogen (secondary N) is 1. The number of fused-ring (bicyclic) bond motifs is 1. The molecule has 9 nitrogen and oxygen atoms in total. The number of benzene rings is 1. The maximum Gasteiger partial charge on any atom is 0.305 e. The number of carbonyl (C=O) groups is 2. The highest BCUT2D eigenvalue weighted by Gasteiger charge is 2.29. The highest BCUT2D eigenvalue weighted by Crippen LogP contribution is 2.25. The van der Waals surface area contributed by atoms with Gasteiger partial charge in [0.1, 0.15) is 0 Å². The van der Waals surface area contributed by atoms with Gasteiger partial charge in [0.2, 0.25) is 5.91 Å². The first-order valence-corrected chi connectivity index (χ1v) is 7.79. The number of morpholine rings is 1. The van der Waals surface area contributed by atoms with Crippen molar-refractivity contribution < 1.29 is 24.4 Å². The number of non-ortho nitro benzene ring substituents is 1. The second kappa shape index (κ2) is 6.89. The smallest absolute Gasteiger partial charge is 0.305 e. The van der Waals surface area contributed by atoms with Crippen molar-refractivity contribution in [3.63, 3.8) is 0 Å². The number of hydrogen-bond donors (Lipinski definition) is 2. The zero-order valence-electron chi connectivity index (χ0n) is 13.3. The van der Waals surface area contributed by atoms with Crippen molar-refractivity contribution in [2.24, 2.45) is 0 Å². The molecular formula is C16H17N3O6. The summed E-state index contributed by atoms with van der Waals surface area (Å²) in [5.41, 5.74) is 1.30. The van der Waals surface area contributed by atoms with E-state index in [0.717, 1.165) is 0 Å². The molecule has 1 aromatic heterocycles. The summed E-state index contributed by atoms with van der Waals surface area (Å²) in [6.07, 6.45) is 1.52. The van der Waals surface area contributed by atoms with Gasteiger partial charge in [0.05, 0.1) is 37.0 Å². The van der Waals surface area contributed by atoms with Crippen LogP contribution in [0.25, 0.3) is 10.9 Å². The van der Waals surface area contributed by atoms with Crippen LogP contribution in [0.2, 0.25) is 0 Å². The first-order valence-electron chi connectivity index (χ1n) is 7.79. The molecular weight excluding hydrogens is 330 g/mol. The maximum absolute atomic E-state index is 12.6. The molecule has 2 heterocycles. The molecule has 3 rings (SSSR count). The van der Waals surface area contributed by atoms with Gasteiger partial charge < -0.3 is 19.7 Å². The number of H-pyrrole nitrogens is 1. The lowest BCUT2D eigenvalue weighted by Gasteiger charge is -2.34. The second-order valence-corrected chi connectivity index (χ2v) is 5.89. The number of carboxylic acid groups (broad SMARTS) is 1. The number of ether oxygens (including phenoxy) is 1. The average Bonchev–Trinajstić information content (AvgIpc) is 2.97. The fraction of sp³-hybridized carbons (Fsp3) is 0.375. The van der Waals surface area contributed by atoms with E-state index in [9.17, 15) is 19.7 Å². The molecule has 0 saturated carbocycles. The zero-order chi connectivity index (χ0) is 18.0. The molecule has 1 fully saturated rings. The van der Waals surface area contributed by atoms with Crippen molar-refractivity contribution in [2.75, 3.05) is 19.8 Å². The number of carbonyl (C=O) groups excluding carboxylic acids is 1. The van der Waals surface area contributed by atoms with Gasteiger partial charge in [0, 0.05) is 35.8 Å². The van der Waals surface area contributed by atoms with Crippen molar-refractivity contribution in [2.45, 2.75) is 18.9 Å². The SMILES string of the molecule is O=C(O)CC1COCCN1C(=O)Cc1c[nH]c2ccc([N+](=O)[O-])cc12. The lowest BCUT2D eigenvalue weighted by Crippen LogP contribution is -2.50.